The van der Waals surface area contributed by atoms with E-state index >= 15 is 0 Å². The van der Waals surface area contributed by atoms with Gasteiger partial charge in [-0.3, -0.25) is 4.79 Å². The third-order valence-electron chi connectivity index (χ3n) is 4.59. The second-order valence-electron chi connectivity index (χ2n) is 6.23. The minimum atomic E-state index is -3.88. The normalized spacial score (nSPS) is 20.8. The third kappa shape index (κ3) is 3.56. The van der Waals surface area contributed by atoms with E-state index in [1.54, 1.807) is 18.0 Å². The van der Waals surface area contributed by atoms with Crippen molar-refractivity contribution in [2.45, 2.75) is 29.8 Å². The fraction of sp³-hybridized carbons (Fsp3) is 0.562. The van der Waals surface area contributed by atoms with Crippen LogP contribution >= 0.6 is 27.7 Å². The van der Waals surface area contributed by atoms with Crippen molar-refractivity contribution in [3.05, 3.63) is 16.6 Å². The molecule has 1 atom stereocenters. The molecule has 1 saturated carbocycles. The maximum Gasteiger partial charge on any atom is 0.245 e. The van der Waals surface area contributed by atoms with Crippen molar-refractivity contribution in [3.63, 3.8) is 0 Å². The van der Waals surface area contributed by atoms with Gasteiger partial charge in [0.1, 0.15) is 10.9 Å². The quantitative estimate of drug-likeness (QED) is 0.641. The highest BCUT2D eigenvalue weighted by molar-refractivity contribution is 9.10. The van der Waals surface area contributed by atoms with Crippen LogP contribution in [0.1, 0.15) is 12.8 Å². The van der Waals surface area contributed by atoms with Gasteiger partial charge in [0.2, 0.25) is 15.9 Å². The maximum absolute atomic E-state index is 13.3. The summed E-state index contributed by atoms with van der Waals surface area (Å²) in [5.41, 5.74) is 0. The largest absolute Gasteiger partial charge is 0.493 e. The minimum absolute atomic E-state index is 0.0597. The van der Waals surface area contributed by atoms with Gasteiger partial charge in [0, 0.05) is 29.4 Å². The molecule has 1 unspecified atom stereocenters. The standard InChI is InChI=1S/C16H21BrN2O5S2/c1-18(10-4-5-10)16(20)12-8-25-9-19(12)26(21,22)15-7-14(24-3)13(23-2)6-11(15)17/h6-7,10,12H,4-5,8-9H2,1-3H3. The lowest BCUT2D eigenvalue weighted by atomic mass is 10.3. The molecule has 0 radical (unpaired) electrons. The molecule has 1 aliphatic carbocycles. The first kappa shape index (κ1) is 19.8. The molecule has 1 aromatic carbocycles. The van der Waals surface area contributed by atoms with Crippen LogP contribution in [0.3, 0.4) is 0 Å². The van der Waals surface area contributed by atoms with E-state index in [1.165, 1.54) is 36.4 Å². The summed E-state index contributed by atoms with van der Waals surface area (Å²) < 4.78 is 38.6. The van der Waals surface area contributed by atoms with Gasteiger partial charge in [-0.15, -0.1) is 11.8 Å². The molecule has 2 fully saturated rings. The van der Waals surface area contributed by atoms with E-state index in [1.807, 2.05) is 0 Å². The Morgan fingerprint density at radius 1 is 1.27 bits per heavy atom. The van der Waals surface area contributed by atoms with Crippen molar-refractivity contribution in [2.24, 2.45) is 0 Å². The predicted molar refractivity (Wildman–Crippen MR) is 103 cm³/mol. The number of rotatable bonds is 6. The molecule has 1 amide bonds. The van der Waals surface area contributed by atoms with Crippen LogP contribution in [0.2, 0.25) is 0 Å². The highest BCUT2D eigenvalue weighted by Crippen LogP contribution is 2.39. The van der Waals surface area contributed by atoms with Gasteiger partial charge in [-0.25, -0.2) is 8.42 Å². The molecule has 10 heteroatoms. The fourth-order valence-corrected chi connectivity index (χ4v) is 7.03. The number of carbonyl (C=O) groups excluding carboxylic acids is 1. The van der Waals surface area contributed by atoms with Gasteiger partial charge < -0.3 is 14.4 Å². The summed E-state index contributed by atoms with van der Waals surface area (Å²) in [6, 6.07) is 2.54. The van der Waals surface area contributed by atoms with Gasteiger partial charge >= 0.3 is 0 Å². The average molecular weight is 465 g/mol. The summed E-state index contributed by atoms with van der Waals surface area (Å²) >= 11 is 4.75. The van der Waals surface area contributed by atoms with Gasteiger partial charge in [-0.2, -0.15) is 4.31 Å². The number of hydrogen-bond acceptors (Lipinski definition) is 6. The number of benzene rings is 1. The van der Waals surface area contributed by atoms with Crippen LogP contribution in [0.25, 0.3) is 0 Å². The van der Waals surface area contributed by atoms with Crippen LogP contribution in [-0.4, -0.2) is 68.5 Å². The first-order valence-corrected chi connectivity index (χ1v) is 11.5. The van der Waals surface area contributed by atoms with Crippen LogP contribution in [0.5, 0.6) is 11.5 Å². The first-order chi connectivity index (χ1) is 12.3. The molecular formula is C16H21BrN2O5S2. The molecule has 1 aromatic rings. The highest BCUT2D eigenvalue weighted by Gasteiger charge is 2.44. The lowest BCUT2D eigenvalue weighted by Gasteiger charge is -2.27. The molecule has 3 rings (SSSR count). The van der Waals surface area contributed by atoms with Crippen molar-refractivity contribution < 1.29 is 22.7 Å². The average Bonchev–Trinajstić information content (AvgIpc) is 3.35. The Balaban J connectivity index is 1.95. The Morgan fingerprint density at radius 3 is 2.46 bits per heavy atom. The first-order valence-electron chi connectivity index (χ1n) is 8.09. The summed E-state index contributed by atoms with van der Waals surface area (Å²) in [5.74, 6) is 1.31. The summed E-state index contributed by atoms with van der Waals surface area (Å²) in [6.07, 6.45) is 1.96. The van der Waals surface area contributed by atoms with Crippen molar-refractivity contribution in [1.82, 2.24) is 9.21 Å². The van der Waals surface area contributed by atoms with Crippen LogP contribution in [0.4, 0.5) is 0 Å². The van der Waals surface area contributed by atoms with E-state index < -0.39 is 16.1 Å². The van der Waals surface area contributed by atoms with Gasteiger partial charge in [0.15, 0.2) is 11.5 Å². The van der Waals surface area contributed by atoms with Crippen LogP contribution in [0, 0.1) is 0 Å². The summed E-state index contributed by atoms with van der Waals surface area (Å²) in [4.78, 5) is 14.5. The molecule has 144 valence electrons. The number of amides is 1. The monoisotopic (exact) mass is 464 g/mol. The number of carbonyl (C=O) groups is 1. The van der Waals surface area contributed by atoms with Gasteiger partial charge in [0.05, 0.1) is 20.1 Å². The number of ether oxygens (including phenoxy) is 2. The molecule has 0 N–H and O–H groups in total. The number of hydrogen-bond donors (Lipinski definition) is 0. The zero-order valence-corrected chi connectivity index (χ0v) is 18.0. The van der Waals surface area contributed by atoms with E-state index in [2.05, 4.69) is 15.9 Å². The number of thioether (sulfide) groups is 1. The van der Waals surface area contributed by atoms with Crippen LogP contribution in [-0.2, 0) is 14.8 Å². The van der Waals surface area contributed by atoms with E-state index in [9.17, 15) is 13.2 Å². The predicted octanol–water partition coefficient (Wildman–Crippen LogP) is 2.15. The summed E-state index contributed by atoms with van der Waals surface area (Å²) in [7, 11) is 0.806. The van der Waals surface area contributed by atoms with E-state index in [0.29, 0.717) is 21.7 Å². The second-order valence-corrected chi connectivity index (χ2v) is 9.94. The summed E-state index contributed by atoms with van der Waals surface area (Å²) in [6.45, 7) is 0. The molecular weight excluding hydrogens is 444 g/mol. The second kappa shape index (κ2) is 7.57. The zero-order valence-electron chi connectivity index (χ0n) is 14.8. The number of methoxy groups -OCH3 is 2. The van der Waals surface area contributed by atoms with Crippen molar-refractivity contribution in [1.29, 1.82) is 0 Å². The maximum atomic E-state index is 13.3. The van der Waals surface area contributed by atoms with Crippen molar-refractivity contribution in [3.8, 4) is 11.5 Å². The Bertz CT molecular complexity index is 813. The van der Waals surface area contributed by atoms with Crippen LogP contribution < -0.4 is 9.47 Å². The molecule has 1 heterocycles. The molecule has 2 aliphatic rings. The van der Waals surface area contributed by atoms with E-state index in [-0.39, 0.29) is 22.7 Å². The number of nitrogens with zero attached hydrogens (tertiary/aromatic N) is 2. The summed E-state index contributed by atoms with van der Waals surface area (Å²) in [5, 5.41) is 0. The van der Waals surface area contributed by atoms with Gasteiger partial charge in [0.25, 0.3) is 0 Å². The molecule has 26 heavy (non-hydrogen) atoms. The number of halogens is 1. The lowest BCUT2D eigenvalue weighted by molar-refractivity contribution is -0.133. The topological polar surface area (TPSA) is 76.2 Å². The zero-order chi connectivity index (χ0) is 19.1. The SMILES string of the molecule is COc1cc(Br)c(S(=O)(=O)N2CSCC2C(=O)N(C)C2CC2)cc1OC. The third-order valence-corrected chi connectivity index (χ3v) is 8.58. The Labute approximate surface area is 166 Å². The molecule has 1 saturated heterocycles. The van der Waals surface area contributed by atoms with Crippen LogP contribution in [0.15, 0.2) is 21.5 Å². The minimum Gasteiger partial charge on any atom is -0.493 e. The van der Waals surface area contributed by atoms with E-state index in [4.69, 9.17) is 9.47 Å². The lowest BCUT2D eigenvalue weighted by Crippen LogP contribution is -2.48. The van der Waals surface area contributed by atoms with E-state index in [0.717, 1.165) is 12.8 Å². The Kier molecular flexibility index (Phi) is 5.76. The number of likely N-dealkylation sites (N-methyl/N-ethyl adjacent to an activating group) is 1. The molecule has 7 nitrogen and oxygen atoms in total. The molecule has 0 spiro atoms. The van der Waals surface area contributed by atoms with Crippen molar-refractivity contribution in [2.75, 3.05) is 32.9 Å². The van der Waals surface area contributed by atoms with Crippen molar-refractivity contribution >= 4 is 43.6 Å². The number of sulfonamides is 1. The van der Waals surface area contributed by atoms with Gasteiger partial charge in [-0.1, -0.05) is 0 Å². The van der Waals surface area contributed by atoms with Gasteiger partial charge in [-0.05, 0) is 34.8 Å². The molecule has 0 bridgehead atoms. The molecule has 1 aliphatic heterocycles. The molecule has 0 aromatic heterocycles. The fourth-order valence-electron chi connectivity index (χ4n) is 2.90. The smallest absolute Gasteiger partial charge is 0.245 e. The highest BCUT2D eigenvalue weighted by atomic mass is 79.9. The Hall–Kier alpha value is -0.970. The Morgan fingerprint density at radius 2 is 1.88 bits per heavy atom.